The van der Waals surface area contributed by atoms with Crippen LogP contribution in [0.5, 0.6) is 0 Å². The van der Waals surface area contributed by atoms with Gasteiger partial charge in [0.25, 0.3) is 0 Å². The third-order valence-corrected chi connectivity index (χ3v) is 4.09. The van der Waals surface area contributed by atoms with Gasteiger partial charge in [0.2, 0.25) is 0 Å². The van der Waals surface area contributed by atoms with Gasteiger partial charge in [0, 0.05) is 30.2 Å². The molecule has 2 heterocycles. The van der Waals surface area contributed by atoms with E-state index >= 15 is 0 Å². The maximum atomic E-state index is 6.13. The Morgan fingerprint density at radius 2 is 1.81 bits per heavy atom. The van der Waals surface area contributed by atoms with Crippen LogP contribution in [0, 0.1) is 20.0 Å². The third-order valence-electron chi connectivity index (χ3n) is 4.09. The minimum atomic E-state index is 0.914. The summed E-state index contributed by atoms with van der Waals surface area (Å²) < 4.78 is 6.13. The van der Waals surface area contributed by atoms with Crippen molar-refractivity contribution in [1.82, 2.24) is 4.90 Å². The molecule has 3 nitrogen and oxygen atoms in total. The average Bonchev–Trinajstić information content (AvgIpc) is 3.01. The molecule has 0 saturated heterocycles. The van der Waals surface area contributed by atoms with Crippen LogP contribution < -0.4 is 4.90 Å². The Balaban J connectivity index is 2.04. The number of nitrogens with zero attached hydrogens (tertiary/aromatic N) is 2. The third kappa shape index (κ3) is 1.67. The van der Waals surface area contributed by atoms with Crippen LogP contribution in [0.2, 0.25) is 0 Å². The lowest BCUT2D eigenvalue weighted by Gasteiger charge is -2.26. The number of aryl methyl sites for hydroxylation is 1. The highest BCUT2D eigenvalue weighted by molar-refractivity contribution is 6.09. The van der Waals surface area contributed by atoms with Crippen molar-refractivity contribution in [2.75, 3.05) is 11.9 Å². The smallest absolute Gasteiger partial charge is 0.160 e. The zero-order valence-electron chi connectivity index (χ0n) is 12.1. The molecular weight excluding hydrogens is 260 g/mol. The van der Waals surface area contributed by atoms with Crippen molar-refractivity contribution < 1.29 is 4.42 Å². The van der Waals surface area contributed by atoms with Crippen LogP contribution in [0.4, 0.5) is 5.69 Å². The predicted octanol–water partition coefficient (Wildman–Crippen LogP) is 4.44. The molecule has 1 aliphatic rings. The van der Waals surface area contributed by atoms with Crippen molar-refractivity contribution in [3.8, 4) is 0 Å². The topological polar surface area (TPSA) is 19.6 Å². The highest BCUT2D eigenvalue weighted by Gasteiger charge is 2.26. The summed E-state index contributed by atoms with van der Waals surface area (Å²) in [6.45, 7) is 6.24. The predicted molar refractivity (Wildman–Crippen MR) is 86.4 cm³/mol. The zero-order chi connectivity index (χ0) is 14.6. The molecule has 1 aliphatic heterocycles. The minimum absolute atomic E-state index is 0.914. The highest BCUT2D eigenvalue weighted by atomic mass is 16.3. The van der Waals surface area contributed by atoms with Crippen molar-refractivity contribution in [1.29, 1.82) is 0 Å². The largest absolute Gasteiger partial charge is 0.454 e. The minimum Gasteiger partial charge on any atom is -0.454 e. The fraction of sp³-hybridized carbons (Fsp3) is 0.111. The fourth-order valence-electron chi connectivity index (χ4n) is 2.88. The standard InChI is InChI=1S/C18H16N2O/c1-12-8-9-15-14-6-4-5-7-16(14)21-18(15)17(12)20-11-10-19(3)13(20)2/h4-11H,2H2,1,3H3. The van der Waals surface area contributed by atoms with E-state index in [1.807, 2.05) is 42.5 Å². The number of furan rings is 1. The Morgan fingerprint density at radius 3 is 2.57 bits per heavy atom. The second-order valence-corrected chi connectivity index (χ2v) is 5.40. The Kier molecular flexibility index (Phi) is 2.52. The molecule has 21 heavy (non-hydrogen) atoms. The van der Waals surface area contributed by atoms with Crippen LogP contribution >= 0.6 is 0 Å². The van der Waals surface area contributed by atoms with Gasteiger partial charge in [0.1, 0.15) is 5.58 Å². The van der Waals surface area contributed by atoms with E-state index in [1.165, 1.54) is 5.56 Å². The molecule has 3 heteroatoms. The molecule has 0 N–H and O–H groups in total. The summed E-state index contributed by atoms with van der Waals surface area (Å²) in [4.78, 5) is 4.08. The van der Waals surface area contributed by atoms with Gasteiger partial charge in [-0.15, -0.1) is 0 Å². The molecule has 0 saturated carbocycles. The van der Waals surface area contributed by atoms with Crippen LogP contribution in [-0.4, -0.2) is 11.9 Å². The van der Waals surface area contributed by atoms with Crippen molar-refractivity contribution in [3.63, 3.8) is 0 Å². The monoisotopic (exact) mass is 276 g/mol. The molecule has 2 aromatic carbocycles. The first-order valence-corrected chi connectivity index (χ1v) is 6.97. The van der Waals surface area contributed by atoms with Gasteiger partial charge in [-0.2, -0.15) is 0 Å². The Hall–Kier alpha value is -2.42. The van der Waals surface area contributed by atoms with Crippen LogP contribution in [0.3, 0.4) is 0 Å². The number of hydrogen-bond donors (Lipinski definition) is 0. The van der Waals surface area contributed by atoms with E-state index in [1.54, 1.807) is 0 Å². The van der Waals surface area contributed by atoms with E-state index in [2.05, 4.69) is 36.9 Å². The van der Waals surface area contributed by atoms with Crippen LogP contribution in [0.15, 0.2) is 53.2 Å². The Morgan fingerprint density at radius 1 is 1.00 bits per heavy atom. The van der Waals surface area contributed by atoms with Crippen molar-refractivity contribution in [3.05, 3.63) is 67.5 Å². The molecule has 104 valence electrons. The first-order valence-electron chi connectivity index (χ1n) is 6.97. The van der Waals surface area contributed by atoms with Crippen LogP contribution in [0.25, 0.3) is 21.9 Å². The van der Waals surface area contributed by atoms with Crippen LogP contribution in [0.1, 0.15) is 5.56 Å². The maximum absolute atomic E-state index is 6.13. The van der Waals surface area contributed by atoms with E-state index in [0.717, 1.165) is 33.8 Å². The number of para-hydroxylation sites is 1. The summed E-state index contributed by atoms with van der Waals surface area (Å²) in [6, 6.07) is 12.4. The van der Waals surface area contributed by atoms with Gasteiger partial charge in [-0.3, -0.25) is 0 Å². The number of fused-ring (bicyclic) bond motifs is 3. The van der Waals surface area contributed by atoms with E-state index in [9.17, 15) is 0 Å². The number of rotatable bonds is 1. The van der Waals surface area contributed by atoms with Gasteiger partial charge in [0.05, 0.1) is 5.69 Å². The number of anilines is 1. The molecule has 0 atom stereocenters. The lowest BCUT2D eigenvalue weighted by atomic mass is 10.1. The van der Waals surface area contributed by atoms with Crippen molar-refractivity contribution in [2.45, 2.75) is 6.92 Å². The zero-order valence-corrected chi connectivity index (χ0v) is 12.1. The Bertz CT molecular complexity index is 862. The van der Waals surface area contributed by atoms with E-state index in [4.69, 9.17) is 4.42 Å². The van der Waals surface area contributed by atoms with Gasteiger partial charge in [-0.1, -0.05) is 30.3 Å². The summed E-state index contributed by atoms with van der Waals surface area (Å²) in [5, 5.41) is 2.29. The highest BCUT2D eigenvalue weighted by Crippen LogP contribution is 2.40. The molecule has 0 unspecified atom stereocenters. The van der Waals surface area contributed by atoms with Gasteiger partial charge in [0.15, 0.2) is 11.7 Å². The molecule has 0 aliphatic carbocycles. The molecule has 2 radical (unpaired) electrons. The van der Waals surface area contributed by atoms with Crippen LogP contribution in [-0.2, 0) is 0 Å². The average molecular weight is 276 g/mol. The summed E-state index contributed by atoms with van der Waals surface area (Å²) in [5.74, 6) is 0. The van der Waals surface area contributed by atoms with E-state index in [-0.39, 0.29) is 0 Å². The first kappa shape index (κ1) is 12.3. The first-order chi connectivity index (χ1) is 10.2. The summed E-state index contributed by atoms with van der Waals surface area (Å²) >= 11 is 0. The molecule has 0 amide bonds. The Labute approximate surface area is 124 Å². The molecular formula is C18H16N2O. The summed E-state index contributed by atoms with van der Waals surface area (Å²) in [6.07, 6.45) is 4.95. The summed E-state index contributed by atoms with van der Waals surface area (Å²) in [5.41, 5.74) is 4.07. The molecule has 0 fully saturated rings. The fourth-order valence-corrected chi connectivity index (χ4v) is 2.88. The molecule has 3 aromatic rings. The molecule has 0 bridgehead atoms. The van der Waals surface area contributed by atoms with E-state index in [0.29, 0.717) is 0 Å². The van der Waals surface area contributed by atoms with Gasteiger partial charge < -0.3 is 14.2 Å². The molecule has 4 rings (SSSR count). The lowest BCUT2D eigenvalue weighted by molar-refractivity contribution is 0.517. The van der Waals surface area contributed by atoms with Crippen molar-refractivity contribution >= 4 is 27.6 Å². The normalized spacial score (nSPS) is 15.8. The van der Waals surface area contributed by atoms with Gasteiger partial charge in [-0.05, 0) is 25.5 Å². The molecule has 0 spiro atoms. The second kappa shape index (κ2) is 4.29. The number of hydrogen-bond acceptors (Lipinski definition) is 3. The summed E-state index contributed by atoms with van der Waals surface area (Å²) in [7, 11) is 1.99. The lowest BCUT2D eigenvalue weighted by Crippen LogP contribution is -2.26. The van der Waals surface area contributed by atoms with Gasteiger partial charge in [-0.25, -0.2) is 0 Å². The second-order valence-electron chi connectivity index (χ2n) is 5.40. The van der Waals surface area contributed by atoms with E-state index < -0.39 is 0 Å². The SMILES string of the molecule is [CH2][C]1N(C)C=CN1c1c(C)ccc2c1oc1ccccc12. The van der Waals surface area contributed by atoms with Gasteiger partial charge >= 0.3 is 0 Å². The maximum Gasteiger partial charge on any atom is 0.160 e. The quantitative estimate of drug-likeness (QED) is 0.655. The number of benzene rings is 2. The van der Waals surface area contributed by atoms with Crippen molar-refractivity contribution in [2.24, 2.45) is 0 Å². The molecule has 1 aromatic heterocycles.